The molecule has 0 saturated heterocycles. The lowest BCUT2D eigenvalue weighted by molar-refractivity contribution is 0.0706. The first-order valence-corrected chi connectivity index (χ1v) is 11.4. The molecule has 5 aromatic rings. The van der Waals surface area contributed by atoms with Crippen molar-refractivity contribution in [2.24, 2.45) is 5.10 Å². The monoisotopic (exact) mass is 527 g/mol. The zero-order valence-corrected chi connectivity index (χ0v) is 19.7. The van der Waals surface area contributed by atoms with Crippen molar-refractivity contribution in [3.63, 3.8) is 0 Å². The highest BCUT2D eigenvalue weighted by molar-refractivity contribution is 9.10. The van der Waals surface area contributed by atoms with Gasteiger partial charge in [-0.15, -0.1) is 0 Å². The van der Waals surface area contributed by atoms with Crippen LogP contribution in [0.3, 0.4) is 0 Å². The number of aromatic nitrogens is 2. The smallest absolute Gasteiger partial charge is 0.289 e. The Labute approximate surface area is 207 Å². The maximum Gasteiger partial charge on any atom is 0.289 e. The summed E-state index contributed by atoms with van der Waals surface area (Å²) in [7, 11) is 0. The van der Waals surface area contributed by atoms with Crippen molar-refractivity contribution in [2.45, 2.75) is 0 Å². The Morgan fingerprint density at radius 2 is 1.69 bits per heavy atom. The maximum atomic E-state index is 13.0. The lowest BCUT2D eigenvalue weighted by Gasteiger charge is -2.07. The molecular formula is C26H18BrN5O3. The van der Waals surface area contributed by atoms with Crippen molar-refractivity contribution < 1.29 is 14.8 Å². The van der Waals surface area contributed by atoms with Gasteiger partial charge >= 0.3 is 0 Å². The van der Waals surface area contributed by atoms with E-state index in [1.54, 1.807) is 23.7 Å². The number of aromatic amines is 1. The van der Waals surface area contributed by atoms with Crippen LogP contribution in [0.1, 0.15) is 26.4 Å². The first-order valence-electron chi connectivity index (χ1n) is 10.6. The number of carbonyl (C=O) groups is 2. The van der Waals surface area contributed by atoms with Crippen LogP contribution in [0.15, 0.2) is 88.4 Å². The van der Waals surface area contributed by atoms with Crippen molar-refractivity contribution >= 4 is 55.8 Å². The molecule has 8 nitrogen and oxygen atoms in total. The van der Waals surface area contributed by atoms with Crippen LogP contribution >= 0.6 is 15.9 Å². The van der Waals surface area contributed by atoms with E-state index in [1.807, 2.05) is 48.5 Å². The van der Waals surface area contributed by atoms with Crippen molar-refractivity contribution in [3.8, 4) is 11.3 Å². The number of nitrogens with one attached hydrogen (secondary N) is 3. The van der Waals surface area contributed by atoms with E-state index in [4.69, 9.17) is 5.21 Å². The van der Waals surface area contributed by atoms with E-state index in [9.17, 15) is 9.59 Å². The van der Waals surface area contributed by atoms with Gasteiger partial charge in [0, 0.05) is 31.9 Å². The average molecular weight is 528 g/mol. The minimum absolute atomic E-state index is 0.229. The van der Waals surface area contributed by atoms with Crippen LogP contribution in [0.25, 0.3) is 33.1 Å². The zero-order chi connectivity index (χ0) is 24.4. The summed E-state index contributed by atoms with van der Waals surface area (Å²) >= 11 is 3.46. The van der Waals surface area contributed by atoms with Gasteiger partial charge in [-0.05, 0) is 42.0 Å². The molecule has 0 aliphatic heterocycles. The van der Waals surface area contributed by atoms with E-state index in [2.05, 4.69) is 36.4 Å². The molecule has 0 fully saturated rings. The number of para-hydroxylation sites is 1. The van der Waals surface area contributed by atoms with Gasteiger partial charge in [-0.3, -0.25) is 14.8 Å². The normalized spacial score (nSPS) is 11.3. The van der Waals surface area contributed by atoms with Crippen LogP contribution < -0.4 is 10.9 Å². The summed E-state index contributed by atoms with van der Waals surface area (Å²) in [6.07, 6.45) is 1.46. The third-order valence-electron chi connectivity index (χ3n) is 5.50. The van der Waals surface area contributed by atoms with Crippen molar-refractivity contribution in [1.29, 1.82) is 0 Å². The zero-order valence-electron chi connectivity index (χ0n) is 18.1. The fourth-order valence-corrected chi connectivity index (χ4v) is 4.05. The van der Waals surface area contributed by atoms with Gasteiger partial charge in [-0.2, -0.15) is 5.10 Å². The number of hydroxylamine groups is 1. The molecule has 5 rings (SSSR count). The second-order valence-corrected chi connectivity index (χ2v) is 8.63. The minimum atomic E-state index is -0.609. The number of hydrazone groups is 1. The van der Waals surface area contributed by atoms with E-state index in [0.29, 0.717) is 16.8 Å². The molecule has 2 heterocycles. The Kier molecular flexibility index (Phi) is 6.09. The molecule has 2 amide bonds. The van der Waals surface area contributed by atoms with Crippen molar-refractivity contribution in [2.75, 3.05) is 0 Å². The second-order valence-electron chi connectivity index (χ2n) is 7.72. The highest BCUT2D eigenvalue weighted by Gasteiger charge is 2.17. The van der Waals surface area contributed by atoms with Gasteiger partial charge in [0.2, 0.25) is 0 Å². The largest absolute Gasteiger partial charge is 0.353 e. The van der Waals surface area contributed by atoms with Crippen LogP contribution in [0.2, 0.25) is 0 Å². The predicted octanol–water partition coefficient (Wildman–Crippen LogP) is 5.03. The summed E-state index contributed by atoms with van der Waals surface area (Å²) in [5.41, 5.74) is 8.62. The molecule has 4 N–H and O–H groups in total. The molecule has 0 saturated carbocycles. The number of nitrogens with zero attached hydrogens (tertiary/aromatic N) is 2. The first kappa shape index (κ1) is 22.5. The molecule has 3 aromatic carbocycles. The van der Waals surface area contributed by atoms with Crippen LogP contribution in [0, 0.1) is 0 Å². The van der Waals surface area contributed by atoms with Crippen LogP contribution in [0.4, 0.5) is 0 Å². The number of amides is 2. The molecular weight excluding hydrogens is 510 g/mol. The van der Waals surface area contributed by atoms with Crippen molar-refractivity contribution in [3.05, 3.63) is 100 Å². The van der Waals surface area contributed by atoms with E-state index in [1.165, 1.54) is 18.3 Å². The molecule has 35 heavy (non-hydrogen) atoms. The molecule has 0 spiro atoms. The summed E-state index contributed by atoms with van der Waals surface area (Å²) in [5, 5.41) is 14.6. The summed E-state index contributed by atoms with van der Waals surface area (Å²) in [6.45, 7) is 0. The SMILES string of the molecule is O=C(NO)c1ccc(/C=N/NC(=O)c2cc3c([nH]c4ccccc43)c(-c3ccc(Br)cc3)n2)cc1. The Morgan fingerprint density at radius 3 is 2.43 bits per heavy atom. The van der Waals surface area contributed by atoms with E-state index < -0.39 is 11.8 Å². The molecule has 2 aromatic heterocycles. The number of hydrogen-bond acceptors (Lipinski definition) is 5. The molecule has 0 aliphatic carbocycles. The molecule has 9 heteroatoms. The second kappa shape index (κ2) is 9.49. The summed E-state index contributed by atoms with van der Waals surface area (Å²) in [6, 6.07) is 23.7. The lowest BCUT2D eigenvalue weighted by Crippen LogP contribution is -2.19. The van der Waals surface area contributed by atoms with E-state index in [-0.39, 0.29) is 5.69 Å². The number of fused-ring (bicyclic) bond motifs is 3. The third-order valence-corrected chi connectivity index (χ3v) is 6.03. The molecule has 0 unspecified atom stereocenters. The first-order chi connectivity index (χ1) is 17.0. The highest BCUT2D eigenvalue weighted by Crippen LogP contribution is 2.33. The van der Waals surface area contributed by atoms with Crippen LogP contribution in [-0.2, 0) is 0 Å². The topological polar surface area (TPSA) is 119 Å². The Hall–Kier alpha value is -4.34. The molecule has 0 radical (unpaired) electrons. The summed E-state index contributed by atoms with van der Waals surface area (Å²) < 4.78 is 0.947. The standard InChI is InChI=1S/C26H18BrN5O3/c27-18-11-9-16(10-12-18)23-24-20(19-3-1-2-4-21(19)29-24)13-22(30-23)26(34)31-28-14-15-5-7-17(8-6-15)25(33)32-35/h1-14,29,35H,(H,31,34)(H,32,33)/b28-14+. The van der Waals surface area contributed by atoms with Gasteiger partial charge in [0.25, 0.3) is 11.8 Å². The average Bonchev–Trinajstić information content (AvgIpc) is 3.27. The van der Waals surface area contributed by atoms with Gasteiger partial charge in [0.1, 0.15) is 5.69 Å². The number of hydrogen-bond donors (Lipinski definition) is 4. The number of carbonyl (C=O) groups excluding carboxylic acids is 2. The molecule has 0 aliphatic rings. The maximum absolute atomic E-state index is 13.0. The number of pyridine rings is 1. The molecule has 0 atom stereocenters. The number of rotatable bonds is 5. The Balaban J connectivity index is 1.48. The van der Waals surface area contributed by atoms with Gasteiger partial charge in [0.05, 0.1) is 17.4 Å². The number of benzene rings is 3. The Bertz CT molecular complexity index is 1590. The lowest BCUT2D eigenvalue weighted by atomic mass is 10.1. The van der Waals surface area contributed by atoms with Crippen LogP contribution in [-0.4, -0.2) is 33.2 Å². The number of halogens is 1. The summed E-state index contributed by atoms with van der Waals surface area (Å²) in [4.78, 5) is 32.5. The summed E-state index contributed by atoms with van der Waals surface area (Å²) in [5.74, 6) is -1.06. The number of H-pyrrole nitrogens is 1. The van der Waals surface area contributed by atoms with Crippen molar-refractivity contribution in [1.82, 2.24) is 20.9 Å². The fourth-order valence-electron chi connectivity index (χ4n) is 3.79. The quantitative estimate of drug-likeness (QED) is 0.145. The fraction of sp³-hybridized carbons (Fsp3) is 0. The van der Waals surface area contributed by atoms with Gasteiger partial charge in [-0.25, -0.2) is 15.9 Å². The third kappa shape index (κ3) is 4.54. The van der Waals surface area contributed by atoms with Crippen LogP contribution in [0.5, 0.6) is 0 Å². The highest BCUT2D eigenvalue weighted by atomic mass is 79.9. The van der Waals surface area contributed by atoms with Gasteiger partial charge < -0.3 is 4.98 Å². The van der Waals surface area contributed by atoms with E-state index in [0.717, 1.165) is 31.8 Å². The molecule has 0 bridgehead atoms. The molecule has 172 valence electrons. The Morgan fingerprint density at radius 1 is 0.943 bits per heavy atom. The van der Waals surface area contributed by atoms with E-state index >= 15 is 0 Å². The predicted molar refractivity (Wildman–Crippen MR) is 137 cm³/mol. The van der Waals surface area contributed by atoms with Gasteiger partial charge in [-0.1, -0.05) is 58.4 Å². The van der Waals surface area contributed by atoms with Gasteiger partial charge in [0.15, 0.2) is 0 Å². The minimum Gasteiger partial charge on any atom is -0.353 e.